The van der Waals surface area contributed by atoms with E-state index >= 15 is 0 Å². The van der Waals surface area contributed by atoms with Crippen LogP contribution < -0.4 is 15.4 Å². The summed E-state index contributed by atoms with van der Waals surface area (Å²) >= 11 is 1.31. The molecule has 2 amide bonds. The molecule has 0 aliphatic carbocycles. The lowest BCUT2D eigenvalue weighted by molar-refractivity contribution is -0.115. The molecular formula is C29H31N5O4S. The van der Waals surface area contributed by atoms with Crippen LogP contribution in [0.2, 0.25) is 0 Å². The average molecular weight is 546 g/mol. The Bertz CT molecular complexity index is 1390. The average Bonchev–Trinajstić information content (AvgIpc) is 3.32. The van der Waals surface area contributed by atoms with Gasteiger partial charge in [0.15, 0.2) is 11.0 Å². The van der Waals surface area contributed by atoms with Crippen LogP contribution in [0, 0.1) is 0 Å². The Morgan fingerprint density at radius 1 is 0.923 bits per heavy atom. The summed E-state index contributed by atoms with van der Waals surface area (Å²) in [6, 6.07) is 24.9. The second-order valence-electron chi connectivity index (χ2n) is 8.70. The van der Waals surface area contributed by atoms with Gasteiger partial charge in [-0.1, -0.05) is 60.3 Å². The first-order valence-electron chi connectivity index (χ1n) is 12.5. The monoisotopic (exact) mass is 545 g/mol. The zero-order chi connectivity index (χ0) is 27.6. The molecule has 9 nitrogen and oxygen atoms in total. The van der Waals surface area contributed by atoms with Gasteiger partial charge in [-0.2, -0.15) is 0 Å². The van der Waals surface area contributed by atoms with Crippen molar-refractivity contribution in [3.05, 3.63) is 84.7 Å². The van der Waals surface area contributed by atoms with Gasteiger partial charge < -0.3 is 24.7 Å². The highest BCUT2D eigenvalue weighted by atomic mass is 32.2. The molecule has 0 saturated carbocycles. The molecule has 1 heterocycles. The van der Waals surface area contributed by atoms with Crippen LogP contribution in [0.15, 0.2) is 84.0 Å². The van der Waals surface area contributed by atoms with Crippen molar-refractivity contribution in [3.8, 4) is 16.9 Å². The highest BCUT2D eigenvalue weighted by Crippen LogP contribution is 2.30. The molecule has 4 rings (SSSR count). The van der Waals surface area contributed by atoms with E-state index in [1.807, 2.05) is 66.1 Å². The number of carbonyl (C=O) groups excluding carboxylic acids is 2. The Labute approximate surface area is 231 Å². The van der Waals surface area contributed by atoms with Gasteiger partial charge in [0.2, 0.25) is 11.8 Å². The summed E-state index contributed by atoms with van der Waals surface area (Å²) in [5.74, 6) is 1.05. The number of benzene rings is 3. The van der Waals surface area contributed by atoms with Crippen molar-refractivity contribution in [2.75, 3.05) is 24.4 Å². The Kier molecular flexibility index (Phi) is 9.71. The maximum atomic E-state index is 12.9. The molecule has 0 bridgehead atoms. The van der Waals surface area contributed by atoms with Crippen LogP contribution in [0.5, 0.6) is 5.75 Å². The van der Waals surface area contributed by atoms with E-state index in [1.54, 1.807) is 31.4 Å². The minimum absolute atomic E-state index is 0.153. The number of ether oxygens (including phenoxy) is 2. The number of anilines is 2. The second kappa shape index (κ2) is 13.6. The molecule has 2 N–H and O–H groups in total. The fourth-order valence-corrected chi connectivity index (χ4v) is 4.70. The van der Waals surface area contributed by atoms with Gasteiger partial charge in [-0.3, -0.25) is 9.59 Å². The lowest BCUT2D eigenvalue weighted by Crippen LogP contribution is -2.23. The van der Waals surface area contributed by atoms with Crippen LogP contribution in [-0.4, -0.2) is 45.5 Å². The molecular weight excluding hydrogens is 514 g/mol. The van der Waals surface area contributed by atoms with Crippen LogP contribution in [-0.2, 0) is 27.5 Å². The van der Waals surface area contributed by atoms with E-state index in [-0.39, 0.29) is 18.4 Å². The Balaban J connectivity index is 1.43. The van der Waals surface area contributed by atoms with E-state index in [0.717, 1.165) is 16.9 Å². The van der Waals surface area contributed by atoms with E-state index in [0.29, 0.717) is 35.5 Å². The van der Waals surface area contributed by atoms with Gasteiger partial charge >= 0.3 is 0 Å². The van der Waals surface area contributed by atoms with Crippen molar-refractivity contribution in [2.45, 2.75) is 37.4 Å². The van der Waals surface area contributed by atoms with Gasteiger partial charge in [-0.15, -0.1) is 10.2 Å². The molecule has 39 heavy (non-hydrogen) atoms. The Morgan fingerprint density at radius 2 is 1.59 bits per heavy atom. The maximum absolute atomic E-state index is 12.9. The number of hydrogen-bond acceptors (Lipinski definition) is 7. The number of rotatable bonds is 12. The van der Waals surface area contributed by atoms with Crippen molar-refractivity contribution < 1.29 is 19.1 Å². The first-order valence-corrected chi connectivity index (χ1v) is 13.4. The summed E-state index contributed by atoms with van der Waals surface area (Å²) in [5.41, 5.74) is 3.35. The molecule has 0 spiro atoms. The molecule has 1 atom stereocenters. The highest BCUT2D eigenvalue weighted by molar-refractivity contribution is 8.00. The number of para-hydroxylation sites is 1. The molecule has 202 valence electrons. The van der Waals surface area contributed by atoms with E-state index < -0.39 is 5.25 Å². The number of methoxy groups -OCH3 is 1. The number of amides is 2. The zero-order valence-corrected chi connectivity index (χ0v) is 22.9. The predicted molar refractivity (Wildman–Crippen MR) is 153 cm³/mol. The summed E-state index contributed by atoms with van der Waals surface area (Å²) in [5, 5.41) is 14.5. The summed E-state index contributed by atoms with van der Waals surface area (Å²) in [6.07, 6.45) is 0. The Hall–Kier alpha value is -4.15. The first-order chi connectivity index (χ1) is 18.9. The third kappa shape index (κ3) is 7.68. The zero-order valence-electron chi connectivity index (χ0n) is 22.1. The fraction of sp³-hybridized carbons (Fsp3) is 0.241. The van der Waals surface area contributed by atoms with Gasteiger partial charge in [-0.05, 0) is 42.8 Å². The lowest BCUT2D eigenvalue weighted by atomic mass is 10.1. The largest absolute Gasteiger partial charge is 0.485 e. The van der Waals surface area contributed by atoms with E-state index in [9.17, 15) is 9.59 Å². The molecule has 0 aliphatic rings. The topological polar surface area (TPSA) is 107 Å². The minimum Gasteiger partial charge on any atom is -0.485 e. The first kappa shape index (κ1) is 27.9. The minimum atomic E-state index is -0.446. The molecule has 0 saturated heterocycles. The van der Waals surface area contributed by atoms with E-state index in [4.69, 9.17) is 9.47 Å². The quantitative estimate of drug-likeness (QED) is 0.234. The van der Waals surface area contributed by atoms with Gasteiger partial charge in [0, 0.05) is 37.5 Å². The predicted octanol–water partition coefficient (Wildman–Crippen LogP) is 5.25. The fourth-order valence-electron chi connectivity index (χ4n) is 3.81. The number of thioether (sulfide) groups is 1. The van der Waals surface area contributed by atoms with Gasteiger partial charge in [0.1, 0.15) is 12.4 Å². The standard InChI is InChI=1S/C29H31N5O4S/c1-20(28(36)31-24-15-13-23(14-16-24)30-21(2)35)39-29-33-32-27(34(29)17-18-37-3)19-38-26-12-8-7-11-25(26)22-9-5-4-6-10-22/h4-16,20H,17-19H2,1-3H3,(H,30,35)(H,31,36). The third-order valence-corrected chi connectivity index (χ3v) is 6.85. The number of hydrogen-bond donors (Lipinski definition) is 2. The molecule has 0 aliphatic heterocycles. The van der Waals surface area contributed by atoms with Crippen molar-refractivity contribution in [1.82, 2.24) is 14.8 Å². The van der Waals surface area contributed by atoms with Crippen LogP contribution in [0.3, 0.4) is 0 Å². The molecule has 0 fully saturated rings. The van der Waals surface area contributed by atoms with E-state index in [1.165, 1.54) is 18.7 Å². The molecule has 10 heteroatoms. The van der Waals surface area contributed by atoms with Crippen LogP contribution in [0.4, 0.5) is 11.4 Å². The van der Waals surface area contributed by atoms with Crippen LogP contribution in [0.25, 0.3) is 11.1 Å². The number of aromatic nitrogens is 3. The maximum Gasteiger partial charge on any atom is 0.237 e. The smallest absolute Gasteiger partial charge is 0.237 e. The summed E-state index contributed by atoms with van der Waals surface area (Å²) in [6.45, 7) is 4.45. The second-order valence-corrected chi connectivity index (χ2v) is 10.0. The summed E-state index contributed by atoms with van der Waals surface area (Å²) in [4.78, 5) is 24.1. The molecule has 3 aromatic carbocycles. The summed E-state index contributed by atoms with van der Waals surface area (Å²) in [7, 11) is 1.64. The molecule has 4 aromatic rings. The van der Waals surface area contributed by atoms with Gasteiger partial charge in [0.05, 0.1) is 11.9 Å². The molecule has 1 aromatic heterocycles. The van der Waals surface area contributed by atoms with Gasteiger partial charge in [-0.25, -0.2) is 0 Å². The SMILES string of the molecule is COCCn1c(COc2ccccc2-c2ccccc2)nnc1SC(C)C(=O)Nc1ccc(NC(C)=O)cc1. The lowest BCUT2D eigenvalue weighted by Gasteiger charge is -2.15. The molecule has 0 radical (unpaired) electrons. The van der Waals surface area contributed by atoms with E-state index in [2.05, 4.69) is 20.8 Å². The number of carbonyl (C=O) groups is 2. The third-order valence-electron chi connectivity index (χ3n) is 5.77. The normalized spacial score (nSPS) is 11.6. The van der Waals surface area contributed by atoms with Gasteiger partial charge in [0.25, 0.3) is 0 Å². The van der Waals surface area contributed by atoms with Crippen LogP contribution >= 0.6 is 11.8 Å². The van der Waals surface area contributed by atoms with Crippen LogP contribution in [0.1, 0.15) is 19.7 Å². The van der Waals surface area contributed by atoms with Crippen molar-refractivity contribution in [1.29, 1.82) is 0 Å². The summed E-state index contributed by atoms with van der Waals surface area (Å²) < 4.78 is 13.4. The van der Waals surface area contributed by atoms with Crippen molar-refractivity contribution in [3.63, 3.8) is 0 Å². The van der Waals surface area contributed by atoms with Crippen molar-refractivity contribution >= 4 is 35.0 Å². The number of nitrogens with one attached hydrogen (secondary N) is 2. The molecule has 1 unspecified atom stereocenters. The Morgan fingerprint density at radius 3 is 2.28 bits per heavy atom. The highest BCUT2D eigenvalue weighted by Gasteiger charge is 2.21. The van der Waals surface area contributed by atoms with Crippen molar-refractivity contribution in [2.24, 2.45) is 0 Å². The number of nitrogens with zero attached hydrogens (tertiary/aromatic N) is 3.